The van der Waals surface area contributed by atoms with Crippen LogP contribution >= 0.6 is 0 Å². The smallest absolute Gasteiger partial charge is 0.342 e. The van der Waals surface area contributed by atoms with Gasteiger partial charge in [-0.15, -0.1) is 0 Å². The topological polar surface area (TPSA) is 88.6 Å². The predicted molar refractivity (Wildman–Crippen MR) is 123 cm³/mol. The summed E-state index contributed by atoms with van der Waals surface area (Å²) in [4.78, 5) is 43.7. The summed E-state index contributed by atoms with van der Waals surface area (Å²) in [6.45, 7) is 3.07. The van der Waals surface area contributed by atoms with Gasteiger partial charge in [-0.1, -0.05) is 25.1 Å². The molecule has 2 heterocycles. The first-order chi connectivity index (χ1) is 15.5. The molecule has 1 fully saturated rings. The third-order valence-corrected chi connectivity index (χ3v) is 5.48. The lowest BCUT2D eigenvalue weighted by molar-refractivity contribution is -0.115. The number of rotatable bonds is 7. The van der Waals surface area contributed by atoms with Crippen molar-refractivity contribution in [3.8, 4) is 0 Å². The number of nitrogens with zero attached hydrogens (tertiary/aromatic N) is 2. The molecule has 0 atom stereocenters. The summed E-state index contributed by atoms with van der Waals surface area (Å²) in [7, 11) is 0. The zero-order chi connectivity index (χ0) is 22.5. The number of para-hydroxylation sites is 1. The molecule has 1 aromatic heterocycles. The first-order valence-electron chi connectivity index (χ1n) is 10.8. The molecule has 3 aromatic rings. The first kappa shape index (κ1) is 21.5. The molecule has 0 radical (unpaired) electrons. The number of Topliss-reactive ketones (excluding diaryl/α,β-unsaturated/α-hetero) is 1. The monoisotopic (exact) mass is 431 g/mol. The summed E-state index contributed by atoms with van der Waals surface area (Å²) >= 11 is 0. The number of hydrogen-bond acceptors (Lipinski definition) is 6. The summed E-state index contributed by atoms with van der Waals surface area (Å²) in [6, 6.07) is 15.9. The van der Waals surface area contributed by atoms with Crippen LogP contribution in [0.3, 0.4) is 0 Å². The van der Waals surface area contributed by atoms with Gasteiger partial charge in [-0.25, -0.2) is 9.78 Å². The maximum atomic E-state index is 12.9. The SMILES string of the molecule is CCC(=O)Nc1ccc(C(=O)COC(=O)c2cc3ccccc3nc2N2CCCC2)cc1. The average Bonchev–Trinajstić information content (AvgIpc) is 3.36. The molecule has 0 unspecified atom stereocenters. The van der Waals surface area contributed by atoms with E-state index < -0.39 is 5.97 Å². The minimum Gasteiger partial charge on any atom is -0.454 e. The molecule has 4 rings (SSSR count). The molecular weight excluding hydrogens is 406 g/mol. The number of hydrogen-bond donors (Lipinski definition) is 1. The number of anilines is 2. The Labute approximate surface area is 186 Å². The van der Waals surface area contributed by atoms with Crippen molar-refractivity contribution in [2.45, 2.75) is 26.2 Å². The van der Waals surface area contributed by atoms with Crippen molar-refractivity contribution in [3.63, 3.8) is 0 Å². The van der Waals surface area contributed by atoms with E-state index in [0.717, 1.165) is 36.8 Å². The standard InChI is InChI=1S/C25H25N3O4/c1-2-23(30)26-19-11-9-17(10-12-19)22(29)16-32-25(31)20-15-18-7-3-4-8-21(18)27-24(20)28-13-5-6-14-28/h3-4,7-12,15H,2,5-6,13-14,16H2,1H3,(H,26,30). The molecule has 164 valence electrons. The zero-order valence-electron chi connectivity index (χ0n) is 18.0. The van der Waals surface area contributed by atoms with Crippen LogP contribution in [0.15, 0.2) is 54.6 Å². The highest BCUT2D eigenvalue weighted by Gasteiger charge is 2.23. The molecule has 0 bridgehead atoms. The summed E-state index contributed by atoms with van der Waals surface area (Å²) in [5.74, 6) is -0.376. The van der Waals surface area contributed by atoms with E-state index in [1.165, 1.54) is 0 Å². The Morgan fingerprint density at radius 2 is 1.75 bits per heavy atom. The zero-order valence-corrected chi connectivity index (χ0v) is 18.0. The Balaban J connectivity index is 1.48. The van der Waals surface area contributed by atoms with Crippen molar-refractivity contribution < 1.29 is 19.1 Å². The Morgan fingerprint density at radius 1 is 1.03 bits per heavy atom. The van der Waals surface area contributed by atoms with E-state index in [-0.39, 0.29) is 18.3 Å². The highest BCUT2D eigenvalue weighted by atomic mass is 16.5. The Hall–Kier alpha value is -3.74. The van der Waals surface area contributed by atoms with Crippen molar-refractivity contribution in [3.05, 3.63) is 65.7 Å². The maximum absolute atomic E-state index is 12.9. The molecule has 1 aliphatic heterocycles. The summed E-state index contributed by atoms with van der Waals surface area (Å²) < 4.78 is 5.38. The van der Waals surface area contributed by atoms with Crippen LogP contribution in [0.4, 0.5) is 11.5 Å². The summed E-state index contributed by atoms with van der Waals surface area (Å²) in [5.41, 5.74) is 2.21. The predicted octanol–water partition coefficient (Wildman–Crippen LogP) is 4.22. The van der Waals surface area contributed by atoms with Gasteiger partial charge >= 0.3 is 5.97 Å². The highest BCUT2D eigenvalue weighted by Crippen LogP contribution is 2.27. The number of aromatic nitrogens is 1. The third kappa shape index (κ3) is 4.77. The van der Waals surface area contributed by atoms with Gasteiger partial charge < -0.3 is 15.0 Å². The van der Waals surface area contributed by atoms with Crippen molar-refractivity contribution in [2.75, 3.05) is 29.9 Å². The lowest BCUT2D eigenvalue weighted by Gasteiger charge is -2.20. The number of fused-ring (bicyclic) bond motifs is 1. The minimum absolute atomic E-state index is 0.101. The number of ketones is 1. The minimum atomic E-state index is -0.565. The van der Waals surface area contributed by atoms with Crippen molar-refractivity contribution >= 4 is 40.1 Å². The number of carbonyl (C=O) groups excluding carboxylic acids is 3. The van der Waals surface area contributed by atoms with Crippen molar-refractivity contribution in [2.24, 2.45) is 0 Å². The van der Waals surface area contributed by atoms with E-state index in [1.807, 2.05) is 24.3 Å². The van der Waals surface area contributed by atoms with Crippen molar-refractivity contribution in [1.82, 2.24) is 4.98 Å². The van der Waals surface area contributed by atoms with Crippen LogP contribution in [-0.4, -0.2) is 42.3 Å². The molecule has 1 N–H and O–H groups in total. The largest absolute Gasteiger partial charge is 0.454 e. The second-order valence-corrected chi connectivity index (χ2v) is 7.72. The van der Waals surface area contributed by atoms with Crippen LogP contribution in [-0.2, 0) is 9.53 Å². The maximum Gasteiger partial charge on any atom is 0.342 e. The van der Waals surface area contributed by atoms with Gasteiger partial charge in [0.15, 0.2) is 12.4 Å². The molecule has 0 spiro atoms. The van der Waals surface area contributed by atoms with Gasteiger partial charge in [-0.3, -0.25) is 9.59 Å². The number of esters is 1. The van der Waals surface area contributed by atoms with E-state index >= 15 is 0 Å². The van der Waals surface area contributed by atoms with Crippen LogP contribution in [0, 0.1) is 0 Å². The number of ether oxygens (including phenoxy) is 1. The molecule has 0 saturated carbocycles. The fraction of sp³-hybridized carbons (Fsp3) is 0.280. The van der Waals surface area contributed by atoms with Gasteiger partial charge in [0.1, 0.15) is 11.4 Å². The normalized spacial score (nSPS) is 13.2. The van der Waals surface area contributed by atoms with E-state index in [2.05, 4.69) is 10.2 Å². The average molecular weight is 431 g/mol. The first-order valence-corrected chi connectivity index (χ1v) is 10.8. The Kier molecular flexibility index (Phi) is 6.44. The second-order valence-electron chi connectivity index (χ2n) is 7.72. The highest BCUT2D eigenvalue weighted by molar-refractivity contribution is 6.02. The fourth-order valence-corrected chi connectivity index (χ4v) is 3.71. The lowest BCUT2D eigenvalue weighted by Crippen LogP contribution is -2.23. The molecule has 7 heteroatoms. The quantitative estimate of drug-likeness (QED) is 0.445. The molecule has 1 aliphatic rings. The van der Waals surface area contributed by atoms with Crippen LogP contribution in [0.1, 0.15) is 46.9 Å². The second kappa shape index (κ2) is 9.60. The van der Waals surface area contributed by atoms with E-state index in [0.29, 0.717) is 29.1 Å². The number of nitrogens with one attached hydrogen (secondary N) is 1. The van der Waals surface area contributed by atoms with Gasteiger partial charge in [-0.05, 0) is 49.2 Å². The van der Waals surface area contributed by atoms with Gasteiger partial charge in [0, 0.05) is 36.1 Å². The number of pyridine rings is 1. The number of benzene rings is 2. The van der Waals surface area contributed by atoms with E-state index in [4.69, 9.17) is 9.72 Å². The molecular formula is C25H25N3O4. The molecule has 0 aliphatic carbocycles. The molecule has 7 nitrogen and oxygen atoms in total. The summed E-state index contributed by atoms with van der Waals surface area (Å²) in [6.07, 6.45) is 2.48. The lowest BCUT2D eigenvalue weighted by atomic mass is 10.1. The fourth-order valence-electron chi connectivity index (χ4n) is 3.71. The van der Waals surface area contributed by atoms with Gasteiger partial charge in [0.25, 0.3) is 0 Å². The van der Waals surface area contributed by atoms with E-state index in [1.54, 1.807) is 37.3 Å². The number of amides is 1. The molecule has 2 aromatic carbocycles. The summed E-state index contributed by atoms with van der Waals surface area (Å²) in [5, 5.41) is 3.58. The van der Waals surface area contributed by atoms with Crippen LogP contribution < -0.4 is 10.2 Å². The van der Waals surface area contributed by atoms with Crippen molar-refractivity contribution in [1.29, 1.82) is 0 Å². The van der Waals surface area contributed by atoms with Gasteiger partial charge in [0.05, 0.1) is 5.52 Å². The van der Waals surface area contributed by atoms with Crippen LogP contribution in [0.25, 0.3) is 10.9 Å². The van der Waals surface area contributed by atoms with Gasteiger partial charge in [-0.2, -0.15) is 0 Å². The Morgan fingerprint density at radius 3 is 2.47 bits per heavy atom. The van der Waals surface area contributed by atoms with Crippen LogP contribution in [0.2, 0.25) is 0 Å². The van der Waals surface area contributed by atoms with Crippen LogP contribution in [0.5, 0.6) is 0 Å². The molecule has 32 heavy (non-hydrogen) atoms. The Bertz CT molecular complexity index is 1150. The molecule has 1 saturated heterocycles. The van der Waals surface area contributed by atoms with E-state index in [9.17, 15) is 14.4 Å². The number of carbonyl (C=O) groups is 3. The van der Waals surface area contributed by atoms with Gasteiger partial charge in [0.2, 0.25) is 5.91 Å². The third-order valence-electron chi connectivity index (χ3n) is 5.48. The molecule has 1 amide bonds.